The fourth-order valence-corrected chi connectivity index (χ4v) is 4.62. The molecule has 2 aromatic carbocycles. The smallest absolute Gasteiger partial charge is 0.374 e. The number of furan rings is 1. The average Bonchev–Trinajstić information content (AvgIpc) is 3.53. The van der Waals surface area contributed by atoms with Crippen molar-refractivity contribution in [3.8, 4) is 0 Å². The van der Waals surface area contributed by atoms with E-state index in [0.29, 0.717) is 0 Å². The van der Waals surface area contributed by atoms with Crippen molar-refractivity contribution in [1.29, 1.82) is 0 Å². The summed E-state index contributed by atoms with van der Waals surface area (Å²) in [6.45, 7) is -0.516. The second-order valence-corrected chi connectivity index (χ2v) is 8.49. The normalized spacial score (nSPS) is 20.5. The van der Waals surface area contributed by atoms with Gasteiger partial charge in [0.2, 0.25) is 5.76 Å². The standard InChI is InChI=1S/C27H22F2N2O4/c28-20-10-6-17(7-11-20)15-19-3-1-4-22-25(19)30-31(26(22)18-8-12-21(29)13-9-18)24(32)16-35-27(33)23-5-2-14-34-23/h2,5-15,22,26H,1,3-4,16H2. The van der Waals surface area contributed by atoms with Crippen molar-refractivity contribution in [2.75, 3.05) is 6.61 Å². The summed E-state index contributed by atoms with van der Waals surface area (Å²) in [6.07, 6.45) is 5.73. The quantitative estimate of drug-likeness (QED) is 0.454. The van der Waals surface area contributed by atoms with Gasteiger partial charge in [-0.2, -0.15) is 5.10 Å². The molecule has 35 heavy (non-hydrogen) atoms. The molecule has 1 aliphatic heterocycles. The van der Waals surface area contributed by atoms with Crippen LogP contribution in [-0.2, 0) is 9.53 Å². The SMILES string of the molecule is O=C(OCC(=O)N1N=C2C(=Cc3ccc(F)cc3)CCCC2C1c1ccc(F)cc1)c1ccco1. The van der Waals surface area contributed by atoms with Crippen LogP contribution in [0.4, 0.5) is 8.78 Å². The molecular formula is C27H22F2N2O4. The van der Waals surface area contributed by atoms with Crippen LogP contribution >= 0.6 is 0 Å². The van der Waals surface area contributed by atoms with Gasteiger partial charge >= 0.3 is 5.97 Å². The lowest BCUT2D eigenvalue weighted by atomic mass is 9.77. The molecule has 2 heterocycles. The molecule has 5 rings (SSSR count). The first-order valence-corrected chi connectivity index (χ1v) is 11.3. The van der Waals surface area contributed by atoms with E-state index < -0.39 is 24.5 Å². The molecule has 6 nitrogen and oxygen atoms in total. The summed E-state index contributed by atoms with van der Waals surface area (Å²) in [7, 11) is 0. The van der Waals surface area contributed by atoms with Crippen LogP contribution in [0.5, 0.6) is 0 Å². The molecule has 1 fully saturated rings. The van der Waals surface area contributed by atoms with Gasteiger partial charge in [0.05, 0.1) is 18.0 Å². The summed E-state index contributed by atoms with van der Waals surface area (Å²) in [4.78, 5) is 25.3. The Morgan fingerprint density at radius 1 is 1.06 bits per heavy atom. The molecule has 0 radical (unpaired) electrons. The number of hydrogen-bond donors (Lipinski definition) is 0. The monoisotopic (exact) mass is 476 g/mol. The van der Waals surface area contributed by atoms with Crippen molar-refractivity contribution in [2.24, 2.45) is 11.0 Å². The number of carbonyl (C=O) groups excluding carboxylic acids is 2. The maximum atomic E-state index is 13.6. The molecule has 1 aliphatic carbocycles. The zero-order valence-electron chi connectivity index (χ0n) is 18.7. The van der Waals surface area contributed by atoms with E-state index in [2.05, 4.69) is 5.10 Å². The Bertz CT molecular complexity index is 1280. The molecular weight excluding hydrogens is 454 g/mol. The molecule has 2 aliphatic rings. The number of fused-ring (bicyclic) bond motifs is 1. The second-order valence-electron chi connectivity index (χ2n) is 8.49. The Balaban J connectivity index is 1.45. The first-order chi connectivity index (χ1) is 17.0. The van der Waals surface area contributed by atoms with Crippen LogP contribution < -0.4 is 0 Å². The number of ether oxygens (including phenoxy) is 1. The molecule has 1 saturated carbocycles. The van der Waals surface area contributed by atoms with Crippen LogP contribution in [0.15, 0.2) is 82.0 Å². The van der Waals surface area contributed by atoms with E-state index in [-0.39, 0.29) is 23.3 Å². The number of hydrogen-bond acceptors (Lipinski definition) is 5. The molecule has 2 atom stereocenters. The first kappa shape index (κ1) is 22.7. The molecule has 0 bridgehead atoms. The highest BCUT2D eigenvalue weighted by Crippen LogP contribution is 2.44. The lowest BCUT2D eigenvalue weighted by Crippen LogP contribution is -2.34. The van der Waals surface area contributed by atoms with E-state index in [0.717, 1.165) is 41.7 Å². The summed E-state index contributed by atoms with van der Waals surface area (Å²) in [5, 5.41) is 6.02. The van der Waals surface area contributed by atoms with E-state index in [4.69, 9.17) is 9.15 Å². The van der Waals surface area contributed by atoms with E-state index in [1.807, 2.05) is 6.08 Å². The van der Waals surface area contributed by atoms with Crippen molar-refractivity contribution >= 4 is 23.7 Å². The number of amides is 1. The molecule has 1 amide bonds. The zero-order valence-corrected chi connectivity index (χ0v) is 18.7. The van der Waals surface area contributed by atoms with E-state index >= 15 is 0 Å². The summed E-state index contributed by atoms with van der Waals surface area (Å²) < 4.78 is 37.1. The van der Waals surface area contributed by atoms with Crippen LogP contribution in [-0.4, -0.2) is 29.2 Å². The van der Waals surface area contributed by atoms with Gasteiger partial charge in [-0.15, -0.1) is 0 Å². The molecule has 1 aromatic heterocycles. The number of carbonyl (C=O) groups is 2. The number of benzene rings is 2. The van der Waals surface area contributed by atoms with Gasteiger partial charge in [-0.3, -0.25) is 4.79 Å². The Labute approximate surface area is 200 Å². The largest absolute Gasteiger partial charge is 0.457 e. The average molecular weight is 476 g/mol. The minimum absolute atomic E-state index is 0.00110. The van der Waals surface area contributed by atoms with E-state index in [1.165, 1.54) is 41.6 Å². The summed E-state index contributed by atoms with van der Waals surface area (Å²) >= 11 is 0. The molecule has 0 saturated heterocycles. The minimum Gasteiger partial charge on any atom is -0.457 e. The third-order valence-corrected chi connectivity index (χ3v) is 6.23. The summed E-state index contributed by atoms with van der Waals surface area (Å²) in [5.41, 5.74) is 3.30. The van der Waals surface area contributed by atoms with Gasteiger partial charge in [0, 0.05) is 5.92 Å². The maximum absolute atomic E-state index is 13.6. The summed E-state index contributed by atoms with van der Waals surface area (Å²) in [6, 6.07) is 14.7. The molecule has 178 valence electrons. The predicted molar refractivity (Wildman–Crippen MR) is 124 cm³/mol. The van der Waals surface area contributed by atoms with E-state index in [1.54, 1.807) is 30.3 Å². The first-order valence-electron chi connectivity index (χ1n) is 11.3. The second kappa shape index (κ2) is 9.66. The third kappa shape index (κ3) is 4.77. The lowest BCUT2D eigenvalue weighted by Gasteiger charge is -2.29. The van der Waals surface area contributed by atoms with Crippen molar-refractivity contribution < 1.29 is 27.5 Å². The molecule has 2 unspecified atom stereocenters. The zero-order chi connectivity index (χ0) is 24.4. The molecule has 0 N–H and O–H groups in total. The van der Waals surface area contributed by atoms with Crippen LogP contribution in [0, 0.1) is 17.6 Å². The maximum Gasteiger partial charge on any atom is 0.374 e. The Morgan fingerprint density at radius 3 is 2.46 bits per heavy atom. The van der Waals surface area contributed by atoms with Crippen LogP contribution in [0.3, 0.4) is 0 Å². The minimum atomic E-state index is -0.747. The van der Waals surface area contributed by atoms with Crippen LogP contribution in [0.2, 0.25) is 0 Å². The van der Waals surface area contributed by atoms with Gasteiger partial charge in [0.1, 0.15) is 11.6 Å². The van der Waals surface area contributed by atoms with Crippen molar-refractivity contribution in [1.82, 2.24) is 5.01 Å². The Kier molecular flexibility index (Phi) is 6.27. The fraction of sp³-hybridized carbons (Fsp3) is 0.222. The number of nitrogens with zero attached hydrogens (tertiary/aromatic N) is 2. The molecule has 8 heteroatoms. The van der Waals surface area contributed by atoms with Gasteiger partial charge in [-0.25, -0.2) is 18.6 Å². The molecule has 0 spiro atoms. The lowest BCUT2D eigenvalue weighted by molar-refractivity contribution is -0.137. The highest BCUT2D eigenvalue weighted by Gasteiger charge is 2.43. The Hall–Kier alpha value is -4.07. The molecule has 3 aromatic rings. The Morgan fingerprint density at radius 2 is 1.77 bits per heavy atom. The van der Waals surface area contributed by atoms with Crippen LogP contribution in [0.25, 0.3) is 6.08 Å². The number of hydrazone groups is 1. The predicted octanol–water partition coefficient (Wildman–Crippen LogP) is 5.54. The number of halogens is 2. The summed E-state index contributed by atoms with van der Waals surface area (Å²) in [5.74, 6) is -2.04. The van der Waals surface area contributed by atoms with Gasteiger partial charge < -0.3 is 9.15 Å². The van der Waals surface area contributed by atoms with Crippen molar-refractivity contribution in [3.63, 3.8) is 0 Å². The topological polar surface area (TPSA) is 72.1 Å². The van der Waals surface area contributed by atoms with Gasteiger partial charge in [-0.1, -0.05) is 24.3 Å². The van der Waals surface area contributed by atoms with Crippen molar-refractivity contribution in [3.05, 3.63) is 101 Å². The van der Waals surface area contributed by atoms with Gasteiger partial charge in [0.25, 0.3) is 5.91 Å². The highest BCUT2D eigenvalue weighted by molar-refractivity contribution is 6.08. The number of rotatable bonds is 5. The van der Waals surface area contributed by atoms with Gasteiger partial charge in [0.15, 0.2) is 6.61 Å². The number of allylic oxidation sites excluding steroid dienone is 1. The van der Waals surface area contributed by atoms with Crippen LogP contribution in [0.1, 0.15) is 47.0 Å². The fourth-order valence-electron chi connectivity index (χ4n) is 4.62. The highest BCUT2D eigenvalue weighted by atomic mass is 19.1. The van der Waals surface area contributed by atoms with Crippen molar-refractivity contribution in [2.45, 2.75) is 25.3 Å². The van der Waals surface area contributed by atoms with Gasteiger partial charge in [-0.05, 0) is 78.4 Å². The number of esters is 1. The van der Waals surface area contributed by atoms with E-state index in [9.17, 15) is 18.4 Å². The third-order valence-electron chi connectivity index (χ3n) is 6.23.